The zero-order valence-corrected chi connectivity index (χ0v) is 14.3. The topological polar surface area (TPSA) is 72.6 Å². The van der Waals surface area contributed by atoms with Gasteiger partial charge < -0.3 is 15.6 Å². The van der Waals surface area contributed by atoms with Crippen LogP contribution >= 0.6 is 0 Å². The molecule has 0 amide bonds. The molecule has 0 radical (unpaired) electrons. The Morgan fingerprint density at radius 3 is 2.83 bits per heavy atom. The highest BCUT2D eigenvalue weighted by molar-refractivity contribution is 5.69. The Morgan fingerprint density at radius 1 is 1.43 bits per heavy atom. The minimum Gasteiger partial charge on any atom is -0.493 e. The average Bonchev–Trinajstić information content (AvgIpc) is 3.11. The van der Waals surface area contributed by atoms with Gasteiger partial charge in [-0.15, -0.1) is 0 Å². The van der Waals surface area contributed by atoms with Crippen molar-refractivity contribution in [2.45, 2.75) is 70.8 Å². The van der Waals surface area contributed by atoms with Crippen molar-refractivity contribution in [3.05, 3.63) is 28.8 Å². The monoisotopic (exact) mass is 319 g/mol. The number of ether oxygens (including phenoxy) is 1. The Kier molecular flexibility index (Phi) is 6.46. The normalized spacial score (nSPS) is 19.2. The van der Waals surface area contributed by atoms with Gasteiger partial charge in [0.15, 0.2) is 0 Å². The number of aliphatic carboxylic acids is 1. The second-order valence-electron chi connectivity index (χ2n) is 6.67. The van der Waals surface area contributed by atoms with Crippen LogP contribution in [0.4, 0.5) is 0 Å². The Morgan fingerprint density at radius 2 is 2.22 bits per heavy atom. The molecule has 1 heterocycles. The van der Waals surface area contributed by atoms with Gasteiger partial charge in [0.25, 0.3) is 0 Å². The molecule has 0 saturated heterocycles. The smallest absolute Gasteiger partial charge is 0.303 e. The quantitative estimate of drug-likeness (QED) is 0.869. The Labute approximate surface area is 139 Å². The first-order valence-corrected chi connectivity index (χ1v) is 8.77. The lowest BCUT2D eigenvalue weighted by Gasteiger charge is -2.12. The van der Waals surface area contributed by atoms with Gasteiger partial charge in [-0.25, -0.2) is 0 Å². The van der Waals surface area contributed by atoms with Crippen LogP contribution in [0, 0.1) is 0 Å². The summed E-state index contributed by atoms with van der Waals surface area (Å²) in [5, 5.41) is 8.92. The summed E-state index contributed by atoms with van der Waals surface area (Å²) in [7, 11) is 0. The van der Waals surface area contributed by atoms with Gasteiger partial charge in [-0.1, -0.05) is 25.8 Å². The highest BCUT2D eigenvalue weighted by Gasteiger charge is 2.30. The molecule has 23 heavy (non-hydrogen) atoms. The number of unbranched alkanes of at least 4 members (excludes halogenated alkanes) is 1. The molecule has 1 aliphatic heterocycles. The van der Waals surface area contributed by atoms with E-state index in [2.05, 4.69) is 19.9 Å². The molecule has 2 aliphatic rings. The van der Waals surface area contributed by atoms with Crippen molar-refractivity contribution in [1.82, 2.24) is 0 Å². The van der Waals surface area contributed by atoms with E-state index in [-0.39, 0.29) is 12.3 Å². The number of aryl methyl sites for hydroxylation is 1. The number of carboxylic acid groups (broad SMARTS) is 1. The molecule has 0 unspecified atom stereocenters. The maximum atomic E-state index is 10.8. The van der Waals surface area contributed by atoms with E-state index in [1.807, 2.05) is 6.07 Å². The molecule has 1 aromatic rings. The van der Waals surface area contributed by atoms with Crippen molar-refractivity contribution in [2.24, 2.45) is 5.73 Å². The predicted molar refractivity (Wildman–Crippen MR) is 92.1 cm³/mol. The lowest BCUT2D eigenvalue weighted by Crippen LogP contribution is -2.13. The van der Waals surface area contributed by atoms with Crippen LogP contribution in [0.15, 0.2) is 12.1 Å². The number of rotatable bonds is 5. The largest absolute Gasteiger partial charge is 0.493 e. The van der Waals surface area contributed by atoms with Gasteiger partial charge in [-0.05, 0) is 49.3 Å². The third-order valence-corrected chi connectivity index (χ3v) is 4.62. The van der Waals surface area contributed by atoms with Crippen LogP contribution in [-0.4, -0.2) is 23.7 Å². The first kappa shape index (κ1) is 17.8. The van der Waals surface area contributed by atoms with E-state index < -0.39 is 5.97 Å². The first-order valence-electron chi connectivity index (χ1n) is 8.77. The Balaban J connectivity index is 0.000000236. The molecular weight excluding hydrogens is 290 g/mol. The molecule has 1 aromatic carbocycles. The zero-order chi connectivity index (χ0) is 16.8. The second kappa shape index (κ2) is 8.34. The minimum atomic E-state index is -0.700. The fourth-order valence-corrected chi connectivity index (χ4v) is 3.49. The van der Waals surface area contributed by atoms with Gasteiger partial charge in [0.05, 0.1) is 13.0 Å². The molecule has 128 valence electrons. The zero-order valence-electron chi connectivity index (χ0n) is 14.3. The molecule has 0 aromatic heterocycles. The fourth-order valence-electron chi connectivity index (χ4n) is 3.49. The van der Waals surface area contributed by atoms with Crippen LogP contribution in [0.1, 0.15) is 68.6 Å². The highest BCUT2D eigenvalue weighted by Crippen LogP contribution is 2.43. The van der Waals surface area contributed by atoms with E-state index in [1.165, 1.54) is 36.0 Å². The lowest BCUT2D eigenvalue weighted by molar-refractivity contribution is -0.137. The standard InChI is InChI=1S/C13H14O3.C6H15N/c14-12(15)7-9-2-1-8-3-4-11-10(13(8)9)5-6-16-11;1-3-4-5-6(2)7/h3-4,9H,1-2,5-7H2,(H,14,15);6H,3-5,7H2,1-2H3/t9-;6-/m11/s1. The number of nitrogens with two attached hydrogens (primary N) is 1. The summed E-state index contributed by atoms with van der Waals surface area (Å²) >= 11 is 0. The van der Waals surface area contributed by atoms with Crippen molar-refractivity contribution < 1.29 is 14.6 Å². The van der Waals surface area contributed by atoms with Crippen LogP contribution in [0.3, 0.4) is 0 Å². The van der Waals surface area contributed by atoms with Crippen LogP contribution in [0.25, 0.3) is 0 Å². The first-order chi connectivity index (χ1) is 11.0. The Bertz CT molecular complexity index is 540. The molecule has 1 aliphatic carbocycles. The molecule has 0 saturated carbocycles. The van der Waals surface area contributed by atoms with Crippen molar-refractivity contribution in [3.63, 3.8) is 0 Å². The number of fused-ring (bicyclic) bond motifs is 3. The molecule has 3 N–H and O–H groups in total. The van der Waals surface area contributed by atoms with Crippen molar-refractivity contribution in [1.29, 1.82) is 0 Å². The van der Waals surface area contributed by atoms with Crippen molar-refractivity contribution in [3.8, 4) is 5.75 Å². The molecule has 4 nitrogen and oxygen atoms in total. The van der Waals surface area contributed by atoms with E-state index in [4.69, 9.17) is 15.6 Å². The fraction of sp³-hybridized carbons (Fsp3) is 0.632. The molecule has 3 rings (SSSR count). The van der Waals surface area contributed by atoms with Crippen molar-refractivity contribution >= 4 is 5.97 Å². The molecular formula is C19H29NO3. The molecule has 2 atom stereocenters. The number of carbonyl (C=O) groups is 1. The molecule has 0 fully saturated rings. The van der Waals surface area contributed by atoms with E-state index in [0.717, 1.165) is 31.6 Å². The number of hydrogen-bond donors (Lipinski definition) is 2. The second-order valence-corrected chi connectivity index (χ2v) is 6.67. The maximum Gasteiger partial charge on any atom is 0.303 e. The maximum absolute atomic E-state index is 10.8. The van der Waals surface area contributed by atoms with E-state index >= 15 is 0 Å². The lowest BCUT2D eigenvalue weighted by atomic mass is 9.92. The van der Waals surface area contributed by atoms with Gasteiger partial charge >= 0.3 is 5.97 Å². The van der Waals surface area contributed by atoms with Crippen LogP contribution in [0.5, 0.6) is 5.75 Å². The van der Waals surface area contributed by atoms with Gasteiger partial charge in [0.2, 0.25) is 0 Å². The summed E-state index contributed by atoms with van der Waals surface area (Å²) in [5.74, 6) is 0.467. The summed E-state index contributed by atoms with van der Waals surface area (Å²) in [6.45, 7) is 4.98. The molecule has 4 heteroatoms. The summed E-state index contributed by atoms with van der Waals surface area (Å²) in [4.78, 5) is 10.8. The SMILES string of the molecule is CCCC[C@@H](C)N.O=C(O)C[C@H]1CCc2ccc3c(c21)CCO3. The summed E-state index contributed by atoms with van der Waals surface area (Å²) in [6.07, 6.45) is 6.90. The van der Waals surface area contributed by atoms with Gasteiger partial charge in [-0.3, -0.25) is 4.79 Å². The number of hydrogen-bond acceptors (Lipinski definition) is 3. The third-order valence-electron chi connectivity index (χ3n) is 4.62. The van der Waals surface area contributed by atoms with Crippen LogP contribution in [-0.2, 0) is 17.6 Å². The minimum absolute atomic E-state index is 0.198. The predicted octanol–water partition coefficient (Wildman–Crippen LogP) is 3.65. The summed E-state index contributed by atoms with van der Waals surface area (Å²) < 4.78 is 5.53. The van der Waals surface area contributed by atoms with Gasteiger partial charge in [-0.2, -0.15) is 0 Å². The number of benzene rings is 1. The van der Waals surface area contributed by atoms with Gasteiger partial charge in [0, 0.05) is 18.0 Å². The van der Waals surface area contributed by atoms with Crippen molar-refractivity contribution in [2.75, 3.05) is 6.61 Å². The van der Waals surface area contributed by atoms with E-state index in [9.17, 15) is 4.79 Å². The summed E-state index contributed by atoms with van der Waals surface area (Å²) in [6, 6.07) is 4.53. The molecule has 0 bridgehead atoms. The average molecular weight is 319 g/mol. The van der Waals surface area contributed by atoms with Gasteiger partial charge in [0.1, 0.15) is 5.75 Å². The highest BCUT2D eigenvalue weighted by atomic mass is 16.5. The van der Waals surface area contributed by atoms with E-state index in [0.29, 0.717) is 6.04 Å². The number of carboxylic acids is 1. The summed E-state index contributed by atoms with van der Waals surface area (Å²) in [5.41, 5.74) is 9.35. The Hall–Kier alpha value is -1.55. The molecule has 0 spiro atoms. The van der Waals surface area contributed by atoms with Crippen LogP contribution in [0.2, 0.25) is 0 Å². The van der Waals surface area contributed by atoms with E-state index in [1.54, 1.807) is 0 Å². The van der Waals surface area contributed by atoms with Crippen LogP contribution < -0.4 is 10.5 Å². The third kappa shape index (κ3) is 4.71.